The molecule has 0 bridgehead atoms. The summed E-state index contributed by atoms with van der Waals surface area (Å²) < 4.78 is 5.12. The van der Waals surface area contributed by atoms with Crippen molar-refractivity contribution in [3.63, 3.8) is 0 Å². The largest absolute Gasteiger partial charge is 0.497 e. The lowest BCUT2D eigenvalue weighted by molar-refractivity contribution is -0.121. The molecule has 0 unspecified atom stereocenters. The van der Waals surface area contributed by atoms with Gasteiger partial charge in [0.2, 0.25) is 5.91 Å². The molecule has 3 nitrogen and oxygen atoms in total. The second-order valence-corrected chi connectivity index (χ2v) is 6.14. The lowest BCUT2D eigenvalue weighted by Gasteiger charge is -2.14. The summed E-state index contributed by atoms with van der Waals surface area (Å²) in [5.41, 5.74) is 1.12. The number of methoxy groups -OCH3 is 1. The van der Waals surface area contributed by atoms with Crippen LogP contribution in [-0.4, -0.2) is 18.8 Å². The molecular weight excluding hydrogens is 294 g/mol. The molecule has 2 aromatic rings. The van der Waals surface area contributed by atoms with E-state index in [0.29, 0.717) is 6.42 Å². The number of carbonyl (C=O) groups is 1. The maximum absolute atomic E-state index is 12.0. The SMILES string of the molecule is COc1ccc(SCCC(=O)N[C@@H](C)c2ccccc2)cc1. The molecule has 1 N–H and O–H groups in total. The first-order chi connectivity index (χ1) is 10.7. The Bertz CT molecular complexity index is 584. The Hall–Kier alpha value is -1.94. The average molecular weight is 315 g/mol. The van der Waals surface area contributed by atoms with Gasteiger partial charge in [-0.2, -0.15) is 0 Å². The molecular formula is C18H21NO2S. The van der Waals surface area contributed by atoms with E-state index in [1.807, 2.05) is 61.5 Å². The zero-order valence-corrected chi connectivity index (χ0v) is 13.7. The van der Waals surface area contributed by atoms with Crippen molar-refractivity contribution in [1.29, 1.82) is 0 Å². The number of carbonyl (C=O) groups excluding carboxylic acids is 1. The van der Waals surface area contributed by atoms with Gasteiger partial charge in [-0.3, -0.25) is 4.79 Å². The summed E-state index contributed by atoms with van der Waals surface area (Å²) in [7, 11) is 1.65. The Kier molecular flexibility index (Phi) is 6.34. The molecule has 0 heterocycles. The first-order valence-electron chi connectivity index (χ1n) is 7.30. The molecule has 0 saturated carbocycles. The smallest absolute Gasteiger partial charge is 0.221 e. The van der Waals surface area contributed by atoms with E-state index in [0.717, 1.165) is 22.0 Å². The molecule has 116 valence electrons. The van der Waals surface area contributed by atoms with E-state index >= 15 is 0 Å². The van der Waals surface area contributed by atoms with Crippen LogP contribution in [0.5, 0.6) is 5.75 Å². The van der Waals surface area contributed by atoms with Crippen molar-refractivity contribution in [1.82, 2.24) is 5.32 Å². The summed E-state index contributed by atoms with van der Waals surface area (Å²) in [6.07, 6.45) is 0.508. The molecule has 0 spiro atoms. The minimum absolute atomic E-state index is 0.0414. The molecule has 22 heavy (non-hydrogen) atoms. The van der Waals surface area contributed by atoms with Crippen LogP contribution in [-0.2, 0) is 4.79 Å². The Morgan fingerprint density at radius 2 is 1.82 bits per heavy atom. The van der Waals surface area contributed by atoms with Gasteiger partial charge in [-0.25, -0.2) is 0 Å². The summed E-state index contributed by atoms with van der Waals surface area (Å²) in [5, 5.41) is 3.03. The minimum Gasteiger partial charge on any atom is -0.497 e. The van der Waals surface area contributed by atoms with Gasteiger partial charge in [0.15, 0.2) is 0 Å². The zero-order chi connectivity index (χ0) is 15.8. The van der Waals surface area contributed by atoms with Crippen LogP contribution in [0, 0.1) is 0 Å². The highest BCUT2D eigenvalue weighted by Gasteiger charge is 2.09. The van der Waals surface area contributed by atoms with Crippen molar-refractivity contribution in [3.8, 4) is 5.75 Å². The Morgan fingerprint density at radius 1 is 1.14 bits per heavy atom. The summed E-state index contributed by atoms with van der Waals surface area (Å²) in [6, 6.07) is 17.9. The molecule has 0 aliphatic rings. The number of thioether (sulfide) groups is 1. The summed E-state index contributed by atoms with van der Waals surface area (Å²) in [4.78, 5) is 13.1. The average Bonchev–Trinajstić information content (AvgIpc) is 2.56. The summed E-state index contributed by atoms with van der Waals surface area (Å²) >= 11 is 1.67. The third kappa shape index (κ3) is 5.11. The summed E-state index contributed by atoms with van der Waals surface area (Å²) in [5.74, 6) is 1.69. The predicted molar refractivity (Wildman–Crippen MR) is 91.3 cm³/mol. The third-order valence-electron chi connectivity index (χ3n) is 3.33. The Morgan fingerprint density at radius 3 is 2.45 bits per heavy atom. The van der Waals surface area contributed by atoms with E-state index in [1.54, 1.807) is 18.9 Å². The highest BCUT2D eigenvalue weighted by molar-refractivity contribution is 7.99. The first kappa shape index (κ1) is 16.4. The van der Waals surface area contributed by atoms with E-state index in [1.165, 1.54) is 0 Å². The van der Waals surface area contributed by atoms with Gasteiger partial charge in [0.25, 0.3) is 0 Å². The predicted octanol–water partition coefficient (Wildman–Crippen LogP) is 4.05. The van der Waals surface area contributed by atoms with Gasteiger partial charge in [-0.15, -0.1) is 11.8 Å². The van der Waals surface area contributed by atoms with Gasteiger partial charge in [0, 0.05) is 17.1 Å². The Labute approximate surface area is 136 Å². The summed E-state index contributed by atoms with van der Waals surface area (Å²) in [6.45, 7) is 2.00. The van der Waals surface area contributed by atoms with Gasteiger partial charge >= 0.3 is 0 Å². The van der Waals surface area contributed by atoms with E-state index in [9.17, 15) is 4.79 Å². The molecule has 0 aliphatic carbocycles. The maximum Gasteiger partial charge on any atom is 0.221 e. The maximum atomic E-state index is 12.0. The monoisotopic (exact) mass is 315 g/mol. The second kappa shape index (κ2) is 8.49. The number of hydrogen-bond donors (Lipinski definition) is 1. The van der Waals surface area contributed by atoms with Crippen molar-refractivity contribution >= 4 is 17.7 Å². The number of rotatable bonds is 7. The van der Waals surface area contributed by atoms with Crippen LogP contribution in [0.25, 0.3) is 0 Å². The van der Waals surface area contributed by atoms with Gasteiger partial charge in [0.1, 0.15) is 5.75 Å². The zero-order valence-electron chi connectivity index (χ0n) is 12.9. The van der Waals surface area contributed by atoms with E-state index in [4.69, 9.17) is 4.74 Å². The lowest BCUT2D eigenvalue weighted by Crippen LogP contribution is -2.26. The van der Waals surface area contributed by atoms with Crippen LogP contribution in [0.15, 0.2) is 59.5 Å². The molecule has 2 rings (SSSR count). The van der Waals surface area contributed by atoms with Crippen LogP contribution < -0.4 is 10.1 Å². The van der Waals surface area contributed by atoms with Gasteiger partial charge in [-0.05, 0) is 36.8 Å². The minimum atomic E-state index is 0.0414. The van der Waals surface area contributed by atoms with Crippen molar-refractivity contribution in [2.45, 2.75) is 24.3 Å². The topological polar surface area (TPSA) is 38.3 Å². The standard InChI is InChI=1S/C18H21NO2S/c1-14(15-6-4-3-5-7-15)19-18(20)12-13-22-17-10-8-16(21-2)9-11-17/h3-11,14H,12-13H2,1-2H3,(H,19,20)/t14-/m0/s1. The van der Waals surface area contributed by atoms with Crippen LogP contribution in [0.4, 0.5) is 0 Å². The van der Waals surface area contributed by atoms with Crippen LogP contribution >= 0.6 is 11.8 Å². The van der Waals surface area contributed by atoms with E-state index in [2.05, 4.69) is 5.32 Å². The number of amides is 1. The van der Waals surface area contributed by atoms with Crippen LogP contribution in [0.2, 0.25) is 0 Å². The molecule has 0 aliphatic heterocycles. The van der Waals surface area contributed by atoms with E-state index < -0.39 is 0 Å². The first-order valence-corrected chi connectivity index (χ1v) is 8.29. The van der Waals surface area contributed by atoms with Crippen LogP contribution in [0.3, 0.4) is 0 Å². The van der Waals surface area contributed by atoms with Crippen molar-refractivity contribution in [3.05, 3.63) is 60.2 Å². The second-order valence-electron chi connectivity index (χ2n) is 4.97. The highest BCUT2D eigenvalue weighted by Crippen LogP contribution is 2.22. The van der Waals surface area contributed by atoms with Gasteiger partial charge in [0.05, 0.1) is 13.2 Å². The molecule has 4 heteroatoms. The van der Waals surface area contributed by atoms with Crippen LogP contribution in [0.1, 0.15) is 24.9 Å². The quantitative estimate of drug-likeness (QED) is 0.783. The molecule has 1 atom stereocenters. The van der Waals surface area contributed by atoms with E-state index in [-0.39, 0.29) is 11.9 Å². The highest BCUT2D eigenvalue weighted by atomic mass is 32.2. The number of hydrogen-bond acceptors (Lipinski definition) is 3. The molecule has 0 aromatic heterocycles. The van der Waals surface area contributed by atoms with Gasteiger partial charge < -0.3 is 10.1 Å². The van der Waals surface area contributed by atoms with Crippen molar-refractivity contribution < 1.29 is 9.53 Å². The Balaban J connectivity index is 1.73. The molecule has 1 amide bonds. The van der Waals surface area contributed by atoms with Crippen molar-refractivity contribution in [2.24, 2.45) is 0 Å². The molecule has 0 saturated heterocycles. The number of benzene rings is 2. The molecule has 2 aromatic carbocycles. The fraction of sp³-hybridized carbons (Fsp3) is 0.278. The number of nitrogens with one attached hydrogen (secondary N) is 1. The number of ether oxygens (including phenoxy) is 1. The fourth-order valence-electron chi connectivity index (χ4n) is 2.07. The molecule has 0 radical (unpaired) electrons. The lowest BCUT2D eigenvalue weighted by atomic mass is 10.1. The van der Waals surface area contributed by atoms with Gasteiger partial charge in [-0.1, -0.05) is 30.3 Å². The normalized spacial score (nSPS) is 11.7. The fourth-order valence-corrected chi connectivity index (χ4v) is 2.92. The molecule has 0 fully saturated rings. The third-order valence-corrected chi connectivity index (χ3v) is 4.35. The van der Waals surface area contributed by atoms with Crippen molar-refractivity contribution in [2.75, 3.05) is 12.9 Å².